The number of rotatable bonds is 4. The Kier molecular flexibility index (Phi) is 4.22. The van der Waals surface area contributed by atoms with Gasteiger partial charge in [0.15, 0.2) is 0 Å². The second-order valence-corrected chi connectivity index (χ2v) is 5.23. The van der Waals surface area contributed by atoms with E-state index in [-0.39, 0.29) is 6.01 Å². The SMILES string of the molecule is Clc1cccc(Oc2ncn(-c3ccccc3)n2)c1CBr. The molecule has 0 aliphatic carbocycles. The molecule has 0 atom stereocenters. The highest BCUT2D eigenvalue weighted by molar-refractivity contribution is 9.08. The molecular weight excluding hydrogens is 354 g/mol. The van der Waals surface area contributed by atoms with Crippen LogP contribution in [-0.2, 0) is 5.33 Å². The average molecular weight is 365 g/mol. The van der Waals surface area contributed by atoms with Gasteiger partial charge >= 0.3 is 6.01 Å². The number of alkyl halides is 1. The van der Waals surface area contributed by atoms with Crippen molar-refractivity contribution in [2.75, 3.05) is 0 Å². The third-order valence-electron chi connectivity index (χ3n) is 2.90. The Morgan fingerprint density at radius 2 is 1.90 bits per heavy atom. The lowest BCUT2D eigenvalue weighted by atomic mass is 10.2. The van der Waals surface area contributed by atoms with Gasteiger partial charge in [-0.2, -0.15) is 4.98 Å². The first-order valence-electron chi connectivity index (χ1n) is 6.26. The zero-order valence-electron chi connectivity index (χ0n) is 10.9. The van der Waals surface area contributed by atoms with Crippen LogP contribution in [0.4, 0.5) is 0 Å². The molecule has 0 aliphatic rings. The molecule has 2 aromatic carbocycles. The van der Waals surface area contributed by atoms with E-state index in [1.54, 1.807) is 11.0 Å². The van der Waals surface area contributed by atoms with Gasteiger partial charge in [0.1, 0.15) is 12.1 Å². The number of hydrogen-bond donors (Lipinski definition) is 0. The lowest BCUT2D eigenvalue weighted by molar-refractivity contribution is 0.438. The smallest absolute Gasteiger partial charge is 0.341 e. The molecular formula is C15H11BrClN3O. The molecule has 0 saturated heterocycles. The van der Waals surface area contributed by atoms with Crippen molar-refractivity contribution < 1.29 is 4.74 Å². The van der Waals surface area contributed by atoms with Crippen LogP contribution in [0.15, 0.2) is 54.9 Å². The zero-order chi connectivity index (χ0) is 14.7. The zero-order valence-corrected chi connectivity index (χ0v) is 13.3. The normalized spacial score (nSPS) is 10.6. The summed E-state index contributed by atoms with van der Waals surface area (Å²) in [5.74, 6) is 0.644. The predicted molar refractivity (Wildman–Crippen MR) is 85.5 cm³/mol. The highest BCUT2D eigenvalue weighted by Crippen LogP contribution is 2.30. The standard InChI is InChI=1S/C15H11BrClN3O/c16-9-12-13(17)7-4-8-14(12)21-15-18-10-20(19-15)11-5-2-1-3-6-11/h1-8,10H,9H2. The number of benzene rings is 2. The Bertz CT molecular complexity index is 746. The summed E-state index contributed by atoms with van der Waals surface area (Å²) in [7, 11) is 0. The molecule has 0 aliphatic heterocycles. The molecule has 106 valence electrons. The lowest BCUT2D eigenvalue weighted by Gasteiger charge is -2.07. The van der Waals surface area contributed by atoms with Crippen molar-refractivity contribution >= 4 is 27.5 Å². The largest absolute Gasteiger partial charge is 0.423 e. The Labute approximate surface area is 135 Å². The Balaban J connectivity index is 1.87. The van der Waals surface area contributed by atoms with Crippen LogP contribution in [0, 0.1) is 0 Å². The van der Waals surface area contributed by atoms with Gasteiger partial charge < -0.3 is 4.74 Å². The molecule has 21 heavy (non-hydrogen) atoms. The maximum absolute atomic E-state index is 6.14. The average Bonchev–Trinajstić information content (AvgIpc) is 2.97. The van der Waals surface area contributed by atoms with Crippen LogP contribution >= 0.6 is 27.5 Å². The fraction of sp³-hybridized carbons (Fsp3) is 0.0667. The van der Waals surface area contributed by atoms with Crippen LogP contribution in [0.25, 0.3) is 5.69 Å². The molecule has 4 nitrogen and oxygen atoms in total. The Hall–Kier alpha value is -1.85. The van der Waals surface area contributed by atoms with Crippen molar-refractivity contribution in [1.29, 1.82) is 0 Å². The van der Waals surface area contributed by atoms with Gasteiger partial charge in [-0.3, -0.25) is 0 Å². The van der Waals surface area contributed by atoms with Gasteiger partial charge in [-0.25, -0.2) is 4.68 Å². The van der Waals surface area contributed by atoms with Gasteiger partial charge in [0, 0.05) is 15.9 Å². The maximum atomic E-state index is 6.14. The summed E-state index contributed by atoms with van der Waals surface area (Å²) >= 11 is 9.54. The number of hydrogen-bond acceptors (Lipinski definition) is 3. The van der Waals surface area contributed by atoms with Gasteiger partial charge in [0.2, 0.25) is 0 Å². The van der Waals surface area contributed by atoms with E-state index in [4.69, 9.17) is 16.3 Å². The van der Waals surface area contributed by atoms with E-state index in [2.05, 4.69) is 26.0 Å². The summed E-state index contributed by atoms with van der Waals surface area (Å²) in [4.78, 5) is 4.16. The molecule has 0 N–H and O–H groups in total. The molecule has 0 amide bonds. The minimum atomic E-state index is 0.281. The van der Waals surface area contributed by atoms with Gasteiger partial charge in [-0.15, -0.1) is 5.10 Å². The molecule has 0 spiro atoms. The van der Waals surface area contributed by atoms with E-state index in [9.17, 15) is 0 Å². The summed E-state index contributed by atoms with van der Waals surface area (Å²) in [6, 6.07) is 15.5. The highest BCUT2D eigenvalue weighted by Gasteiger charge is 2.10. The van der Waals surface area contributed by atoms with E-state index in [0.29, 0.717) is 16.1 Å². The molecule has 6 heteroatoms. The molecule has 0 bridgehead atoms. The minimum Gasteiger partial charge on any atom is -0.423 e. The van der Waals surface area contributed by atoms with Crippen molar-refractivity contribution in [2.24, 2.45) is 0 Å². The van der Waals surface area contributed by atoms with Crippen molar-refractivity contribution in [3.8, 4) is 17.4 Å². The molecule has 3 rings (SSSR count). The molecule has 1 heterocycles. The van der Waals surface area contributed by atoms with Crippen molar-refractivity contribution in [3.05, 3.63) is 65.4 Å². The van der Waals surface area contributed by atoms with Crippen molar-refractivity contribution in [2.45, 2.75) is 5.33 Å². The fourth-order valence-electron chi connectivity index (χ4n) is 1.86. The van der Waals surface area contributed by atoms with Crippen LogP contribution < -0.4 is 4.74 Å². The first-order valence-corrected chi connectivity index (χ1v) is 7.76. The van der Waals surface area contributed by atoms with Gasteiger partial charge in [0.05, 0.1) is 5.69 Å². The molecule has 3 aromatic rings. The summed E-state index contributed by atoms with van der Waals surface area (Å²) in [6.07, 6.45) is 1.61. The van der Waals surface area contributed by atoms with E-state index in [0.717, 1.165) is 11.3 Å². The Morgan fingerprint density at radius 1 is 1.10 bits per heavy atom. The number of nitrogens with zero attached hydrogens (tertiary/aromatic N) is 3. The third kappa shape index (κ3) is 3.09. The molecule has 0 unspecified atom stereocenters. The summed E-state index contributed by atoms with van der Waals surface area (Å²) < 4.78 is 7.39. The topological polar surface area (TPSA) is 39.9 Å². The summed E-state index contributed by atoms with van der Waals surface area (Å²) in [5.41, 5.74) is 1.79. The quantitative estimate of drug-likeness (QED) is 0.635. The van der Waals surface area contributed by atoms with Crippen LogP contribution in [0.3, 0.4) is 0 Å². The minimum absolute atomic E-state index is 0.281. The van der Waals surface area contributed by atoms with Gasteiger partial charge in [0.25, 0.3) is 0 Å². The number of aromatic nitrogens is 3. The van der Waals surface area contributed by atoms with E-state index in [1.165, 1.54) is 0 Å². The summed E-state index contributed by atoms with van der Waals surface area (Å²) in [5, 5.41) is 5.55. The molecule has 1 aromatic heterocycles. The number of para-hydroxylation sites is 1. The summed E-state index contributed by atoms with van der Waals surface area (Å²) in [6.45, 7) is 0. The van der Waals surface area contributed by atoms with Crippen molar-refractivity contribution in [3.63, 3.8) is 0 Å². The first-order chi connectivity index (χ1) is 10.3. The molecule has 0 saturated carbocycles. The van der Waals surface area contributed by atoms with Crippen LogP contribution in [0.1, 0.15) is 5.56 Å². The van der Waals surface area contributed by atoms with E-state index >= 15 is 0 Å². The number of ether oxygens (including phenoxy) is 1. The highest BCUT2D eigenvalue weighted by atomic mass is 79.9. The van der Waals surface area contributed by atoms with Crippen LogP contribution in [0.2, 0.25) is 5.02 Å². The molecule has 0 fully saturated rings. The van der Waals surface area contributed by atoms with Crippen LogP contribution in [0.5, 0.6) is 11.8 Å². The van der Waals surface area contributed by atoms with Gasteiger partial charge in [-0.05, 0) is 24.3 Å². The van der Waals surface area contributed by atoms with E-state index in [1.807, 2.05) is 48.5 Å². The second kappa shape index (κ2) is 6.28. The lowest BCUT2D eigenvalue weighted by Crippen LogP contribution is -1.95. The predicted octanol–water partition coefficient (Wildman–Crippen LogP) is 4.61. The second-order valence-electron chi connectivity index (χ2n) is 4.26. The fourth-order valence-corrected chi connectivity index (χ4v) is 2.83. The monoisotopic (exact) mass is 363 g/mol. The van der Waals surface area contributed by atoms with Gasteiger partial charge in [-0.1, -0.05) is 51.8 Å². The van der Waals surface area contributed by atoms with Crippen LogP contribution in [-0.4, -0.2) is 14.8 Å². The first kappa shape index (κ1) is 14.1. The third-order valence-corrected chi connectivity index (χ3v) is 3.82. The Morgan fingerprint density at radius 3 is 2.67 bits per heavy atom. The molecule has 0 radical (unpaired) electrons. The number of halogens is 2. The maximum Gasteiger partial charge on any atom is 0.341 e. The van der Waals surface area contributed by atoms with E-state index < -0.39 is 0 Å². The van der Waals surface area contributed by atoms with Crippen molar-refractivity contribution in [1.82, 2.24) is 14.8 Å².